The number of Topliss-reactive ketones (excluding diaryl/α,β-unsaturated/α-hetero) is 2. The average molecular weight is 232 g/mol. The maximum Gasteiger partial charge on any atom is 0.166 e. The molecule has 0 bridgehead atoms. The van der Waals surface area contributed by atoms with E-state index in [1.165, 1.54) is 6.07 Å². The first kappa shape index (κ1) is 11.8. The summed E-state index contributed by atoms with van der Waals surface area (Å²) in [5, 5.41) is 9.54. The Bertz CT molecular complexity index is 437. The first-order valence-corrected chi connectivity index (χ1v) is 6.02. The zero-order chi connectivity index (χ0) is 12.3. The van der Waals surface area contributed by atoms with Crippen LogP contribution in [0.5, 0.6) is 5.75 Å². The first-order valence-electron chi connectivity index (χ1n) is 6.02. The van der Waals surface area contributed by atoms with Crippen molar-refractivity contribution >= 4 is 11.6 Å². The molecule has 1 atom stereocenters. The zero-order valence-electron chi connectivity index (χ0n) is 9.69. The maximum absolute atomic E-state index is 11.9. The normalized spacial score (nSPS) is 19.5. The highest BCUT2D eigenvalue weighted by Crippen LogP contribution is 2.27. The summed E-state index contributed by atoms with van der Waals surface area (Å²) in [5.74, 6) is 0.290. The van der Waals surface area contributed by atoms with Crippen LogP contribution in [0, 0.1) is 5.92 Å². The van der Waals surface area contributed by atoms with Gasteiger partial charge in [-0.15, -0.1) is 0 Å². The molecule has 0 heterocycles. The number of phenols is 1. The Balaban J connectivity index is 1.94. The smallest absolute Gasteiger partial charge is 0.166 e. The van der Waals surface area contributed by atoms with Crippen LogP contribution in [0.2, 0.25) is 0 Å². The van der Waals surface area contributed by atoms with Crippen LogP contribution in [0.1, 0.15) is 42.5 Å². The van der Waals surface area contributed by atoms with Crippen molar-refractivity contribution in [1.82, 2.24) is 0 Å². The second-order valence-electron chi connectivity index (χ2n) is 4.53. The first-order chi connectivity index (χ1) is 8.18. The lowest BCUT2D eigenvalue weighted by molar-refractivity contribution is -0.120. The van der Waals surface area contributed by atoms with E-state index in [1.54, 1.807) is 18.2 Å². The molecule has 0 aliphatic heterocycles. The van der Waals surface area contributed by atoms with Gasteiger partial charge in [-0.2, -0.15) is 0 Å². The van der Waals surface area contributed by atoms with Crippen LogP contribution in [0.4, 0.5) is 0 Å². The van der Waals surface area contributed by atoms with Gasteiger partial charge in [0.05, 0.1) is 5.56 Å². The van der Waals surface area contributed by atoms with Gasteiger partial charge in [-0.25, -0.2) is 0 Å². The van der Waals surface area contributed by atoms with E-state index in [0.717, 1.165) is 12.8 Å². The molecule has 2 rings (SSSR count). The van der Waals surface area contributed by atoms with Crippen molar-refractivity contribution in [2.75, 3.05) is 0 Å². The van der Waals surface area contributed by atoms with Gasteiger partial charge in [-0.3, -0.25) is 9.59 Å². The minimum absolute atomic E-state index is 0.0234. The molecule has 3 heteroatoms. The lowest BCUT2D eigenvalue weighted by atomic mass is 9.96. The van der Waals surface area contributed by atoms with Crippen LogP contribution in [-0.4, -0.2) is 16.7 Å². The molecule has 0 aromatic heterocycles. The number of benzene rings is 1. The van der Waals surface area contributed by atoms with Gasteiger partial charge in [0.25, 0.3) is 0 Å². The molecule has 17 heavy (non-hydrogen) atoms. The second-order valence-corrected chi connectivity index (χ2v) is 4.53. The monoisotopic (exact) mass is 232 g/mol. The molecule has 1 aliphatic carbocycles. The summed E-state index contributed by atoms with van der Waals surface area (Å²) in [6, 6.07) is 6.54. The fourth-order valence-electron chi connectivity index (χ4n) is 2.34. The topological polar surface area (TPSA) is 54.4 Å². The Morgan fingerprint density at radius 2 is 2.12 bits per heavy atom. The predicted octanol–water partition coefficient (Wildman–Crippen LogP) is 2.72. The van der Waals surface area contributed by atoms with E-state index in [9.17, 15) is 14.7 Å². The summed E-state index contributed by atoms with van der Waals surface area (Å²) < 4.78 is 0. The lowest BCUT2D eigenvalue weighted by Crippen LogP contribution is -2.09. The van der Waals surface area contributed by atoms with Gasteiger partial charge in [0.2, 0.25) is 0 Å². The van der Waals surface area contributed by atoms with Gasteiger partial charge in [0, 0.05) is 18.8 Å². The van der Waals surface area contributed by atoms with Crippen LogP contribution >= 0.6 is 0 Å². The van der Waals surface area contributed by atoms with E-state index in [2.05, 4.69) is 0 Å². The molecular formula is C14H16O3. The molecule has 90 valence electrons. The summed E-state index contributed by atoms with van der Waals surface area (Å²) in [7, 11) is 0. The molecule has 1 aliphatic rings. The highest BCUT2D eigenvalue weighted by atomic mass is 16.3. The Kier molecular flexibility index (Phi) is 3.57. The molecule has 1 saturated carbocycles. The van der Waals surface area contributed by atoms with Gasteiger partial charge in [0.15, 0.2) is 5.78 Å². The Labute approximate surface area is 100 Å². The van der Waals surface area contributed by atoms with Crippen molar-refractivity contribution in [2.45, 2.75) is 32.1 Å². The van der Waals surface area contributed by atoms with Crippen molar-refractivity contribution in [3.63, 3.8) is 0 Å². The van der Waals surface area contributed by atoms with Crippen molar-refractivity contribution in [3.8, 4) is 5.75 Å². The highest BCUT2D eigenvalue weighted by Gasteiger charge is 2.25. The molecule has 0 radical (unpaired) electrons. The highest BCUT2D eigenvalue weighted by molar-refractivity contribution is 5.98. The van der Waals surface area contributed by atoms with E-state index in [4.69, 9.17) is 0 Å². The third-order valence-corrected chi connectivity index (χ3v) is 3.36. The minimum atomic E-state index is -0.0807. The standard InChI is InChI=1S/C14H16O3/c15-12-7-3-4-10(12)8-9-14(17)11-5-1-2-6-13(11)16/h1-2,5-6,10,16H,3-4,7-9H2/t10-/m1/s1. The SMILES string of the molecule is O=C(CC[C@H]1CCCC1=O)c1ccccc1O. The van der Waals surface area contributed by atoms with Crippen molar-refractivity contribution in [2.24, 2.45) is 5.92 Å². The van der Waals surface area contributed by atoms with Gasteiger partial charge in [-0.05, 0) is 31.4 Å². The molecule has 0 amide bonds. The Morgan fingerprint density at radius 3 is 2.76 bits per heavy atom. The number of rotatable bonds is 4. The van der Waals surface area contributed by atoms with Crippen LogP contribution < -0.4 is 0 Å². The van der Waals surface area contributed by atoms with E-state index >= 15 is 0 Å². The molecule has 1 aromatic rings. The number of carbonyl (C=O) groups excluding carboxylic acids is 2. The van der Waals surface area contributed by atoms with Gasteiger partial charge >= 0.3 is 0 Å². The van der Waals surface area contributed by atoms with E-state index < -0.39 is 0 Å². The minimum Gasteiger partial charge on any atom is -0.507 e. The number of aromatic hydroxyl groups is 1. The number of hydrogen-bond donors (Lipinski definition) is 1. The summed E-state index contributed by atoms with van der Waals surface area (Å²) in [6.07, 6.45) is 3.48. The number of para-hydroxylation sites is 1. The lowest BCUT2D eigenvalue weighted by Gasteiger charge is -2.07. The number of hydrogen-bond acceptors (Lipinski definition) is 3. The summed E-state index contributed by atoms with van der Waals surface area (Å²) >= 11 is 0. The fraction of sp³-hybridized carbons (Fsp3) is 0.429. The number of carbonyl (C=O) groups is 2. The van der Waals surface area contributed by atoms with Crippen molar-refractivity contribution < 1.29 is 14.7 Å². The molecule has 0 saturated heterocycles. The maximum atomic E-state index is 11.9. The Hall–Kier alpha value is -1.64. The van der Waals surface area contributed by atoms with E-state index in [1.807, 2.05) is 0 Å². The quantitative estimate of drug-likeness (QED) is 0.812. The molecule has 1 aromatic carbocycles. The molecule has 0 unspecified atom stereocenters. The van der Waals surface area contributed by atoms with Crippen LogP contribution in [0.15, 0.2) is 24.3 Å². The van der Waals surface area contributed by atoms with E-state index in [0.29, 0.717) is 24.8 Å². The molecule has 1 fully saturated rings. The van der Waals surface area contributed by atoms with Gasteiger partial charge in [0.1, 0.15) is 11.5 Å². The second kappa shape index (κ2) is 5.13. The summed E-state index contributed by atoms with van der Waals surface area (Å²) in [5.41, 5.74) is 0.359. The molecule has 3 nitrogen and oxygen atoms in total. The summed E-state index contributed by atoms with van der Waals surface area (Å²) in [4.78, 5) is 23.3. The fourth-order valence-corrected chi connectivity index (χ4v) is 2.34. The molecule has 0 spiro atoms. The third kappa shape index (κ3) is 2.73. The van der Waals surface area contributed by atoms with Gasteiger partial charge in [-0.1, -0.05) is 12.1 Å². The molecule has 1 N–H and O–H groups in total. The van der Waals surface area contributed by atoms with Crippen molar-refractivity contribution in [3.05, 3.63) is 29.8 Å². The van der Waals surface area contributed by atoms with Crippen LogP contribution in [-0.2, 0) is 4.79 Å². The van der Waals surface area contributed by atoms with E-state index in [-0.39, 0.29) is 23.2 Å². The largest absolute Gasteiger partial charge is 0.507 e. The Morgan fingerprint density at radius 1 is 1.35 bits per heavy atom. The zero-order valence-corrected chi connectivity index (χ0v) is 9.69. The summed E-state index contributed by atoms with van der Waals surface area (Å²) in [6.45, 7) is 0. The third-order valence-electron chi connectivity index (χ3n) is 3.36. The molecular weight excluding hydrogens is 216 g/mol. The van der Waals surface area contributed by atoms with Crippen LogP contribution in [0.3, 0.4) is 0 Å². The van der Waals surface area contributed by atoms with Crippen molar-refractivity contribution in [1.29, 1.82) is 0 Å². The van der Waals surface area contributed by atoms with Crippen LogP contribution in [0.25, 0.3) is 0 Å². The number of phenolic OH excluding ortho intramolecular Hbond substituents is 1. The number of ketones is 2. The van der Waals surface area contributed by atoms with Gasteiger partial charge < -0.3 is 5.11 Å². The predicted molar refractivity (Wildman–Crippen MR) is 64.0 cm³/mol. The average Bonchev–Trinajstić information content (AvgIpc) is 2.72.